The first-order valence-electron chi connectivity index (χ1n) is 8.63. The van der Waals surface area contributed by atoms with Gasteiger partial charge in [-0.1, -0.05) is 54.6 Å². The SMILES string of the molecule is O=C(CCNS(=O)(=O)c1ccccc1)N1CC=C(c2ccccc2)CC1. The molecular weight excluding hydrogens is 348 g/mol. The number of hydrogen-bond donors (Lipinski definition) is 1. The van der Waals surface area contributed by atoms with Crippen molar-refractivity contribution in [1.29, 1.82) is 0 Å². The van der Waals surface area contributed by atoms with E-state index in [0.29, 0.717) is 13.1 Å². The van der Waals surface area contributed by atoms with Gasteiger partial charge in [-0.15, -0.1) is 0 Å². The van der Waals surface area contributed by atoms with Crippen LogP contribution in [0.4, 0.5) is 0 Å². The molecule has 1 heterocycles. The van der Waals surface area contributed by atoms with E-state index in [9.17, 15) is 13.2 Å². The van der Waals surface area contributed by atoms with Gasteiger partial charge >= 0.3 is 0 Å². The molecule has 1 aliphatic heterocycles. The van der Waals surface area contributed by atoms with Crippen LogP contribution in [-0.2, 0) is 14.8 Å². The zero-order valence-corrected chi connectivity index (χ0v) is 15.3. The van der Waals surface area contributed by atoms with Crippen LogP contribution >= 0.6 is 0 Å². The minimum atomic E-state index is -3.56. The van der Waals surface area contributed by atoms with Gasteiger partial charge < -0.3 is 4.90 Å². The van der Waals surface area contributed by atoms with Crippen LogP contribution < -0.4 is 4.72 Å². The van der Waals surface area contributed by atoms with Crippen molar-refractivity contribution < 1.29 is 13.2 Å². The molecule has 0 saturated heterocycles. The van der Waals surface area contributed by atoms with Gasteiger partial charge in [-0.05, 0) is 29.7 Å². The van der Waals surface area contributed by atoms with Gasteiger partial charge in [0.15, 0.2) is 0 Å². The third kappa shape index (κ3) is 4.59. The minimum absolute atomic E-state index is 0.0378. The summed E-state index contributed by atoms with van der Waals surface area (Å²) in [7, 11) is -3.56. The Hall–Kier alpha value is -2.44. The van der Waals surface area contributed by atoms with Crippen molar-refractivity contribution in [2.75, 3.05) is 19.6 Å². The van der Waals surface area contributed by atoms with Crippen molar-refractivity contribution in [3.05, 3.63) is 72.3 Å². The van der Waals surface area contributed by atoms with Crippen LogP contribution in [0.25, 0.3) is 5.57 Å². The van der Waals surface area contributed by atoms with Crippen LogP contribution in [0.5, 0.6) is 0 Å². The monoisotopic (exact) mass is 370 g/mol. The number of benzene rings is 2. The summed E-state index contributed by atoms with van der Waals surface area (Å²) < 4.78 is 26.8. The molecule has 0 aliphatic carbocycles. The molecule has 1 amide bonds. The Kier molecular flexibility index (Phi) is 5.85. The summed E-state index contributed by atoms with van der Waals surface area (Å²) in [6.07, 6.45) is 3.04. The molecule has 136 valence electrons. The number of carbonyl (C=O) groups is 1. The van der Waals surface area contributed by atoms with E-state index in [1.807, 2.05) is 18.2 Å². The topological polar surface area (TPSA) is 66.5 Å². The van der Waals surface area contributed by atoms with Gasteiger partial charge in [0.2, 0.25) is 15.9 Å². The lowest BCUT2D eigenvalue weighted by Crippen LogP contribution is -2.37. The highest BCUT2D eigenvalue weighted by molar-refractivity contribution is 7.89. The largest absolute Gasteiger partial charge is 0.339 e. The summed E-state index contributed by atoms with van der Waals surface area (Å²) in [6.45, 7) is 1.32. The van der Waals surface area contributed by atoms with Crippen LogP contribution in [-0.4, -0.2) is 38.9 Å². The number of nitrogens with zero attached hydrogens (tertiary/aromatic N) is 1. The van der Waals surface area contributed by atoms with Crippen molar-refractivity contribution in [2.24, 2.45) is 0 Å². The molecule has 2 aromatic rings. The highest BCUT2D eigenvalue weighted by Gasteiger charge is 2.19. The minimum Gasteiger partial charge on any atom is -0.339 e. The first-order valence-corrected chi connectivity index (χ1v) is 10.1. The molecule has 0 fully saturated rings. The van der Waals surface area contributed by atoms with Gasteiger partial charge in [-0.25, -0.2) is 13.1 Å². The maximum Gasteiger partial charge on any atom is 0.240 e. The Morgan fingerprint density at radius 2 is 1.65 bits per heavy atom. The number of carbonyl (C=O) groups excluding carboxylic acids is 1. The molecule has 2 aromatic carbocycles. The lowest BCUT2D eigenvalue weighted by molar-refractivity contribution is -0.130. The fourth-order valence-corrected chi connectivity index (χ4v) is 4.00. The van der Waals surface area contributed by atoms with Crippen molar-refractivity contribution in [3.63, 3.8) is 0 Å². The third-order valence-electron chi connectivity index (χ3n) is 4.39. The summed E-state index contributed by atoms with van der Waals surface area (Å²) in [4.78, 5) is 14.3. The lowest BCUT2D eigenvalue weighted by atomic mass is 9.99. The molecule has 6 heteroatoms. The molecule has 0 unspecified atom stereocenters. The highest BCUT2D eigenvalue weighted by Crippen LogP contribution is 2.22. The molecule has 0 radical (unpaired) electrons. The number of amides is 1. The fraction of sp³-hybridized carbons (Fsp3) is 0.250. The second-order valence-corrected chi connectivity index (χ2v) is 7.91. The van der Waals surface area contributed by atoms with Gasteiger partial charge in [0.1, 0.15) is 0 Å². The molecule has 5 nitrogen and oxygen atoms in total. The predicted molar refractivity (Wildman–Crippen MR) is 102 cm³/mol. The van der Waals surface area contributed by atoms with E-state index in [1.165, 1.54) is 23.3 Å². The highest BCUT2D eigenvalue weighted by atomic mass is 32.2. The molecule has 26 heavy (non-hydrogen) atoms. The Bertz CT molecular complexity index is 878. The van der Waals surface area contributed by atoms with E-state index < -0.39 is 10.0 Å². The van der Waals surface area contributed by atoms with Crippen molar-refractivity contribution >= 4 is 21.5 Å². The third-order valence-corrected chi connectivity index (χ3v) is 5.87. The molecule has 1 aliphatic rings. The van der Waals surface area contributed by atoms with Crippen LogP contribution in [0.15, 0.2) is 71.6 Å². The molecular formula is C20H22N2O3S. The van der Waals surface area contributed by atoms with Crippen LogP contribution in [0.3, 0.4) is 0 Å². The Labute approximate surface area is 154 Å². The Morgan fingerprint density at radius 1 is 1.00 bits per heavy atom. The lowest BCUT2D eigenvalue weighted by Gasteiger charge is -2.26. The van der Waals surface area contributed by atoms with Gasteiger partial charge in [-0.2, -0.15) is 0 Å². The van der Waals surface area contributed by atoms with E-state index >= 15 is 0 Å². The average Bonchev–Trinajstić information content (AvgIpc) is 2.69. The number of sulfonamides is 1. The van der Waals surface area contributed by atoms with Gasteiger partial charge in [0.25, 0.3) is 0 Å². The molecule has 0 saturated carbocycles. The molecule has 0 aromatic heterocycles. The fourth-order valence-electron chi connectivity index (χ4n) is 2.94. The van der Waals surface area contributed by atoms with E-state index in [4.69, 9.17) is 0 Å². The summed E-state index contributed by atoms with van der Waals surface area (Å²) in [5.41, 5.74) is 2.44. The van der Waals surface area contributed by atoms with E-state index in [1.54, 1.807) is 23.1 Å². The molecule has 0 bridgehead atoms. The zero-order chi connectivity index (χ0) is 18.4. The summed E-state index contributed by atoms with van der Waals surface area (Å²) in [5.74, 6) is -0.0378. The Morgan fingerprint density at radius 3 is 2.27 bits per heavy atom. The van der Waals surface area contributed by atoms with E-state index in [-0.39, 0.29) is 23.8 Å². The average molecular weight is 370 g/mol. The van der Waals surface area contributed by atoms with Crippen LogP contribution in [0.1, 0.15) is 18.4 Å². The molecule has 0 atom stereocenters. The second kappa shape index (κ2) is 8.29. The summed E-state index contributed by atoms with van der Waals surface area (Å²) in [5, 5.41) is 0. The summed E-state index contributed by atoms with van der Waals surface area (Å²) >= 11 is 0. The maximum absolute atomic E-state index is 12.3. The van der Waals surface area contributed by atoms with Crippen LogP contribution in [0, 0.1) is 0 Å². The van der Waals surface area contributed by atoms with Gasteiger partial charge in [0.05, 0.1) is 4.90 Å². The van der Waals surface area contributed by atoms with Crippen LogP contribution in [0.2, 0.25) is 0 Å². The van der Waals surface area contributed by atoms with Crippen molar-refractivity contribution in [3.8, 4) is 0 Å². The van der Waals surface area contributed by atoms with Gasteiger partial charge in [0, 0.05) is 26.1 Å². The predicted octanol–water partition coefficient (Wildman–Crippen LogP) is 2.67. The zero-order valence-electron chi connectivity index (χ0n) is 14.5. The number of nitrogens with one attached hydrogen (secondary N) is 1. The van der Waals surface area contributed by atoms with Gasteiger partial charge in [-0.3, -0.25) is 4.79 Å². The van der Waals surface area contributed by atoms with E-state index in [0.717, 1.165) is 6.42 Å². The maximum atomic E-state index is 12.3. The first kappa shape index (κ1) is 18.4. The van der Waals surface area contributed by atoms with E-state index in [2.05, 4.69) is 22.9 Å². The number of hydrogen-bond acceptors (Lipinski definition) is 3. The normalized spacial score (nSPS) is 14.8. The second-order valence-electron chi connectivity index (χ2n) is 6.15. The smallest absolute Gasteiger partial charge is 0.240 e. The molecule has 3 rings (SSSR count). The molecule has 1 N–H and O–H groups in total. The quantitative estimate of drug-likeness (QED) is 0.850. The standard InChI is InChI=1S/C20H22N2O3S/c23-20(11-14-21-26(24,25)19-9-5-2-6-10-19)22-15-12-18(13-16-22)17-7-3-1-4-8-17/h1-10,12,21H,11,13-16H2. The van der Waals surface area contributed by atoms with Crippen molar-refractivity contribution in [1.82, 2.24) is 9.62 Å². The number of rotatable bonds is 6. The first-order chi connectivity index (χ1) is 12.6. The van der Waals surface area contributed by atoms with Crippen molar-refractivity contribution in [2.45, 2.75) is 17.7 Å². The molecule has 0 spiro atoms. The summed E-state index contributed by atoms with van der Waals surface area (Å²) in [6, 6.07) is 18.3. The Balaban J connectivity index is 1.50.